The van der Waals surface area contributed by atoms with Crippen LogP contribution in [0.5, 0.6) is 0 Å². The van der Waals surface area contributed by atoms with Crippen LogP contribution in [0.1, 0.15) is 12.8 Å². The largest absolute Gasteiger partial charge is 0.469 e. The smallest absolute Gasteiger partial charge is 0.309 e. The summed E-state index contributed by atoms with van der Waals surface area (Å²) in [5.74, 6) is 0.889. The lowest BCUT2D eigenvalue weighted by atomic mass is 9.72. The number of hydrogen-bond acceptors (Lipinski definition) is 2. The summed E-state index contributed by atoms with van der Waals surface area (Å²) in [4.78, 5) is 11.1. The summed E-state index contributed by atoms with van der Waals surface area (Å²) in [6, 6.07) is 0. The van der Waals surface area contributed by atoms with Gasteiger partial charge in [-0.05, 0) is 24.7 Å². The van der Waals surface area contributed by atoms with E-state index >= 15 is 0 Å². The van der Waals surface area contributed by atoms with Gasteiger partial charge in [0.15, 0.2) is 0 Å². The van der Waals surface area contributed by atoms with Crippen LogP contribution in [-0.4, -0.2) is 18.5 Å². The molecule has 4 atom stereocenters. The van der Waals surface area contributed by atoms with Gasteiger partial charge < -0.3 is 4.74 Å². The molecule has 0 aromatic carbocycles. The highest BCUT2D eigenvalue weighted by Crippen LogP contribution is 2.56. The number of esters is 1. The third-order valence-corrected chi connectivity index (χ3v) is 3.69. The van der Waals surface area contributed by atoms with E-state index in [1.54, 1.807) is 0 Å². The van der Waals surface area contributed by atoms with Crippen LogP contribution in [0.25, 0.3) is 0 Å². The van der Waals surface area contributed by atoms with E-state index in [4.69, 9.17) is 11.6 Å². The molecule has 0 radical (unpaired) electrons. The predicted molar refractivity (Wildman–Crippen MR) is 41.4 cm³/mol. The third kappa shape index (κ3) is 0.821. The molecule has 2 unspecified atom stereocenters. The highest BCUT2D eigenvalue weighted by molar-refractivity contribution is 6.22. The minimum absolute atomic E-state index is 0.0607. The fourth-order valence-corrected chi connectivity index (χ4v) is 3.00. The Morgan fingerprint density at radius 3 is 2.36 bits per heavy atom. The Morgan fingerprint density at radius 2 is 2.00 bits per heavy atom. The molecule has 3 aliphatic rings. The van der Waals surface area contributed by atoms with E-state index in [1.807, 2.05) is 0 Å². The quantitative estimate of drug-likeness (QED) is 0.444. The number of carbonyl (C=O) groups is 1. The van der Waals surface area contributed by atoms with Crippen LogP contribution >= 0.6 is 11.6 Å². The number of carbonyl (C=O) groups excluding carboxylic acids is 1. The van der Waals surface area contributed by atoms with Crippen LogP contribution in [0, 0.1) is 17.8 Å². The third-order valence-electron chi connectivity index (χ3n) is 3.05. The van der Waals surface area contributed by atoms with E-state index in [0.717, 1.165) is 12.8 Å². The maximum Gasteiger partial charge on any atom is 0.309 e. The molecule has 0 amide bonds. The Morgan fingerprint density at radius 1 is 1.45 bits per heavy atom. The topological polar surface area (TPSA) is 26.3 Å². The minimum atomic E-state index is -0.0607. The van der Waals surface area contributed by atoms with Gasteiger partial charge in [0.25, 0.3) is 0 Å². The second-order valence-electron chi connectivity index (χ2n) is 3.40. The Labute approximate surface area is 70.9 Å². The molecule has 0 spiro atoms. The standard InChI is InChI=1S/C8H11ClO2/c1-11-8(10)6-4-2-3-5(6)7(4)9/h4-7H,2-3H2,1H3/t4-,5+,6?,7?. The first-order chi connectivity index (χ1) is 5.25. The molecular formula is C8H11ClO2. The molecular weight excluding hydrogens is 164 g/mol. The second kappa shape index (κ2) is 2.37. The molecule has 0 heterocycles. The van der Waals surface area contributed by atoms with E-state index in [0.29, 0.717) is 11.8 Å². The highest BCUT2D eigenvalue weighted by Gasteiger charge is 2.58. The zero-order valence-electron chi connectivity index (χ0n) is 6.42. The molecule has 11 heavy (non-hydrogen) atoms. The number of ether oxygens (including phenoxy) is 1. The van der Waals surface area contributed by atoms with Crippen molar-refractivity contribution in [1.29, 1.82) is 0 Å². The van der Waals surface area contributed by atoms with Crippen LogP contribution in [0.2, 0.25) is 0 Å². The number of hydrogen-bond donors (Lipinski definition) is 0. The average Bonchev–Trinajstić information content (AvgIpc) is 2.59. The Hall–Kier alpha value is -0.240. The summed E-state index contributed by atoms with van der Waals surface area (Å²) < 4.78 is 4.69. The lowest BCUT2D eigenvalue weighted by Crippen LogP contribution is -2.45. The molecule has 3 aliphatic carbocycles. The fraction of sp³-hybridized carbons (Fsp3) is 0.875. The average molecular weight is 175 g/mol. The number of rotatable bonds is 1. The van der Waals surface area contributed by atoms with Gasteiger partial charge in [-0.2, -0.15) is 0 Å². The van der Waals surface area contributed by atoms with Crippen molar-refractivity contribution in [2.75, 3.05) is 7.11 Å². The molecule has 0 aromatic rings. The maximum atomic E-state index is 11.1. The lowest BCUT2D eigenvalue weighted by molar-refractivity contribution is -0.152. The lowest BCUT2D eigenvalue weighted by Gasteiger charge is -2.38. The Kier molecular flexibility index (Phi) is 1.60. The zero-order chi connectivity index (χ0) is 8.01. The van der Waals surface area contributed by atoms with Gasteiger partial charge in [-0.15, -0.1) is 11.6 Å². The summed E-state index contributed by atoms with van der Waals surface area (Å²) in [5, 5.41) is 0.249. The van der Waals surface area contributed by atoms with Crippen molar-refractivity contribution in [2.45, 2.75) is 18.2 Å². The first-order valence-corrected chi connectivity index (χ1v) is 4.41. The van der Waals surface area contributed by atoms with Crippen LogP contribution in [0.3, 0.4) is 0 Å². The first kappa shape index (κ1) is 7.41. The predicted octanol–water partition coefficient (Wildman–Crippen LogP) is 1.42. The van der Waals surface area contributed by atoms with Crippen molar-refractivity contribution >= 4 is 17.6 Å². The Bertz CT molecular complexity index is 181. The highest BCUT2D eigenvalue weighted by atomic mass is 35.5. The molecule has 62 valence electrons. The van der Waals surface area contributed by atoms with Crippen molar-refractivity contribution in [3.63, 3.8) is 0 Å². The van der Waals surface area contributed by atoms with Gasteiger partial charge in [0.05, 0.1) is 13.0 Å². The minimum Gasteiger partial charge on any atom is -0.469 e. The molecule has 0 saturated heterocycles. The molecule has 0 aromatic heterocycles. The normalized spacial score (nSPS) is 46.7. The molecule has 0 aliphatic heterocycles. The van der Waals surface area contributed by atoms with Crippen LogP contribution in [0.4, 0.5) is 0 Å². The van der Waals surface area contributed by atoms with Gasteiger partial charge in [0.2, 0.25) is 0 Å². The number of halogens is 1. The summed E-state index contributed by atoms with van der Waals surface area (Å²) in [7, 11) is 1.45. The monoisotopic (exact) mass is 174 g/mol. The number of methoxy groups -OCH3 is 1. The van der Waals surface area contributed by atoms with Gasteiger partial charge in [0.1, 0.15) is 0 Å². The molecule has 3 heteroatoms. The number of alkyl halides is 1. The summed E-state index contributed by atoms with van der Waals surface area (Å²) in [6.45, 7) is 0. The van der Waals surface area contributed by atoms with Gasteiger partial charge in [-0.3, -0.25) is 4.79 Å². The van der Waals surface area contributed by atoms with E-state index < -0.39 is 0 Å². The molecule has 2 nitrogen and oxygen atoms in total. The van der Waals surface area contributed by atoms with Crippen LogP contribution in [-0.2, 0) is 9.53 Å². The Balaban J connectivity index is 2.06. The molecule has 3 rings (SSSR count). The summed E-state index contributed by atoms with van der Waals surface area (Å²) in [5.41, 5.74) is 0. The van der Waals surface area contributed by atoms with Gasteiger partial charge >= 0.3 is 5.97 Å². The maximum absolute atomic E-state index is 11.1. The van der Waals surface area contributed by atoms with Crippen molar-refractivity contribution < 1.29 is 9.53 Å². The molecule has 2 bridgehead atoms. The van der Waals surface area contributed by atoms with Crippen molar-refractivity contribution in [1.82, 2.24) is 0 Å². The van der Waals surface area contributed by atoms with Gasteiger partial charge in [-0.1, -0.05) is 0 Å². The van der Waals surface area contributed by atoms with E-state index in [-0.39, 0.29) is 17.3 Å². The van der Waals surface area contributed by atoms with Crippen molar-refractivity contribution in [2.24, 2.45) is 17.8 Å². The number of fused-ring (bicyclic) bond motifs is 1. The van der Waals surface area contributed by atoms with Crippen LogP contribution < -0.4 is 0 Å². The summed E-state index contributed by atoms with van der Waals surface area (Å²) in [6.07, 6.45) is 2.22. The van der Waals surface area contributed by atoms with Crippen LogP contribution in [0.15, 0.2) is 0 Å². The van der Waals surface area contributed by atoms with E-state index in [1.165, 1.54) is 7.11 Å². The zero-order valence-corrected chi connectivity index (χ0v) is 7.17. The van der Waals surface area contributed by atoms with Gasteiger partial charge in [-0.25, -0.2) is 0 Å². The first-order valence-electron chi connectivity index (χ1n) is 3.97. The van der Waals surface area contributed by atoms with E-state index in [2.05, 4.69) is 4.74 Å². The summed E-state index contributed by atoms with van der Waals surface area (Å²) >= 11 is 6.00. The molecule has 3 saturated carbocycles. The van der Waals surface area contributed by atoms with Gasteiger partial charge in [0, 0.05) is 5.38 Å². The molecule has 3 fully saturated rings. The fourth-order valence-electron chi connectivity index (χ4n) is 2.43. The van der Waals surface area contributed by atoms with Crippen molar-refractivity contribution in [3.8, 4) is 0 Å². The second-order valence-corrected chi connectivity index (χ2v) is 3.90. The van der Waals surface area contributed by atoms with E-state index in [9.17, 15) is 4.79 Å². The van der Waals surface area contributed by atoms with Crippen molar-refractivity contribution in [3.05, 3.63) is 0 Å². The molecule has 0 N–H and O–H groups in total. The SMILES string of the molecule is COC(=O)C1[C@@H]2CC[C@H]1C2Cl.